The highest BCUT2D eigenvalue weighted by Crippen LogP contribution is 2.32. The lowest BCUT2D eigenvalue weighted by atomic mass is 10.0. The third-order valence-electron chi connectivity index (χ3n) is 1.95. The van der Waals surface area contributed by atoms with Gasteiger partial charge in [0.05, 0.1) is 11.6 Å². The highest BCUT2D eigenvalue weighted by atomic mass is 35.5. The molecule has 0 aliphatic rings. The number of hydrogen-bond acceptors (Lipinski definition) is 1. The summed E-state index contributed by atoms with van der Waals surface area (Å²) in [6, 6.07) is -0.828. The van der Waals surface area contributed by atoms with Crippen molar-refractivity contribution in [3.63, 3.8) is 0 Å². The molecule has 0 aromatic heterocycles. The van der Waals surface area contributed by atoms with Crippen LogP contribution < -0.4 is 5.73 Å². The third-order valence-corrected chi connectivity index (χ3v) is 1.95. The van der Waals surface area contributed by atoms with Crippen molar-refractivity contribution in [2.45, 2.75) is 18.6 Å². The van der Waals surface area contributed by atoms with E-state index in [1.54, 1.807) is 0 Å². The highest BCUT2D eigenvalue weighted by Gasteiger charge is 2.32. The maximum absolute atomic E-state index is 13.0. The normalized spacial score (nSPS) is 13.4. The van der Waals surface area contributed by atoms with Gasteiger partial charge in [-0.1, -0.05) is 0 Å². The Kier molecular flexibility index (Phi) is 5.28. The summed E-state index contributed by atoms with van der Waals surface area (Å²) in [6.07, 6.45) is -7.84. The number of hydrogen-bond donors (Lipinski definition) is 1. The largest absolute Gasteiger partial charge is 0.416 e. The first-order valence-corrected chi connectivity index (χ1v) is 4.14. The molecule has 0 aliphatic carbocycles. The van der Waals surface area contributed by atoms with Crippen LogP contribution in [0.1, 0.15) is 17.2 Å². The van der Waals surface area contributed by atoms with Crippen LogP contribution in [0.3, 0.4) is 0 Å². The molecule has 98 valence electrons. The molecule has 0 unspecified atom stereocenters. The standard InChI is InChI=1S/C9H7F6N.ClH/c10-6-2-1-4(9(13,14)15)3-5(6)7(16)8(11)12;/h1-3,7-8H,16H2;1H/t7-;/m1./s1. The van der Waals surface area contributed by atoms with Gasteiger partial charge >= 0.3 is 6.18 Å². The topological polar surface area (TPSA) is 26.0 Å². The predicted molar refractivity (Wildman–Crippen MR) is 51.6 cm³/mol. The minimum absolute atomic E-state index is 0. The van der Waals surface area contributed by atoms with E-state index in [1.165, 1.54) is 0 Å². The van der Waals surface area contributed by atoms with Gasteiger partial charge < -0.3 is 5.73 Å². The zero-order chi connectivity index (χ0) is 12.5. The van der Waals surface area contributed by atoms with Crippen LogP contribution in [0.2, 0.25) is 0 Å². The Labute approximate surface area is 99.0 Å². The summed E-state index contributed by atoms with van der Waals surface area (Å²) in [6.45, 7) is 0. The lowest BCUT2D eigenvalue weighted by molar-refractivity contribution is -0.137. The first kappa shape index (κ1) is 16.1. The molecule has 1 aromatic rings. The predicted octanol–water partition coefficient (Wildman–Crippen LogP) is 3.53. The smallest absolute Gasteiger partial charge is 0.319 e. The summed E-state index contributed by atoms with van der Waals surface area (Å²) in [7, 11) is 0. The van der Waals surface area contributed by atoms with Crippen LogP contribution in [0.5, 0.6) is 0 Å². The molecule has 8 heteroatoms. The van der Waals surface area contributed by atoms with Crippen LogP contribution in [0.15, 0.2) is 18.2 Å². The van der Waals surface area contributed by atoms with Crippen molar-refractivity contribution in [2.75, 3.05) is 0 Å². The number of nitrogens with two attached hydrogens (primary N) is 1. The maximum atomic E-state index is 13.0. The average molecular weight is 280 g/mol. The quantitative estimate of drug-likeness (QED) is 0.824. The van der Waals surface area contributed by atoms with Crippen molar-refractivity contribution in [3.05, 3.63) is 35.1 Å². The second-order valence-electron chi connectivity index (χ2n) is 3.09. The van der Waals surface area contributed by atoms with Crippen molar-refractivity contribution in [1.82, 2.24) is 0 Å². The van der Waals surface area contributed by atoms with Gasteiger partial charge in [0.2, 0.25) is 0 Å². The number of halogens is 7. The van der Waals surface area contributed by atoms with Crippen LogP contribution in [0.25, 0.3) is 0 Å². The molecule has 0 radical (unpaired) electrons. The van der Waals surface area contributed by atoms with E-state index in [0.717, 1.165) is 0 Å². The Morgan fingerprint density at radius 3 is 2.06 bits per heavy atom. The Morgan fingerprint density at radius 2 is 1.65 bits per heavy atom. The molecular weight excluding hydrogens is 272 g/mol. The molecular formula is C9H8ClF6N. The van der Waals surface area contributed by atoms with Gasteiger partial charge in [-0.05, 0) is 18.2 Å². The van der Waals surface area contributed by atoms with Gasteiger partial charge in [-0.25, -0.2) is 13.2 Å². The van der Waals surface area contributed by atoms with Gasteiger partial charge in [0.15, 0.2) is 0 Å². The molecule has 1 atom stereocenters. The van der Waals surface area contributed by atoms with Gasteiger partial charge in [-0.2, -0.15) is 13.2 Å². The summed E-state index contributed by atoms with van der Waals surface area (Å²) in [5.74, 6) is -1.18. The van der Waals surface area contributed by atoms with E-state index in [9.17, 15) is 26.3 Å². The molecule has 0 saturated carbocycles. The third kappa shape index (κ3) is 3.78. The molecule has 2 N–H and O–H groups in total. The van der Waals surface area contributed by atoms with Gasteiger partial charge in [-0.3, -0.25) is 0 Å². The van der Waals surface area contributed by atoms with Crippen molar-refractivity contribution < 1.29 is 26.3 Å². The van der Waals surface area contributed by atoms with Crippen molar-refractivity contribution >= 4 is 12.4 Å². The fraction of sp³-hybridized carbons (Fsp3) is 0.333. The van der Waals surface area contributed by atoms with E-state index in [1.807, 2.05) is 0 Å². The Balaban J connectivity index is 0.00000256. The zero-order valence-electron chi connectivity index (χ0n) is 8.14. The van der Waals surface area contributed by atoms with Gasteiger partial charge in [-0.15, -0.1) is 12.4 Å². The van der Waals surface area contributed by atoms with Crippen LogP contribution >= 0.6 is 12.4 Å². The van der Waals surface area contributed by atoms with Gasteiger partial charge in [0.1, 0.15) is 5.82 Å². The van der Waals surface area contributed by atoms with E-state index in [2.05, 4.69) is 0 Å². The van der Waals surface area contributed by atoms with Crippen molar-refractivity contribution in [3.8, 4) is 0 Å². The molecule has 1 aromatic carbocycles. The Hall–Kier alpha value is -0.950. The second kappa shape index (κ2) is 5.59. The first-order valence-electron chi connectivity index (χ1n) is 4.14. The zero-order valence-corrected chi connectivity index (χ0v) is 8.96. The van der Waals surface area contributed by atoms with E-state index in [0.29, 0.717) is 18.2 Å². The van der Waals surface area contributed by atoms with E-state index < -0.39 is 35.6 Å². The minimum Gasteiger partial charge on any atom is -0.319 e. The Morgan fingerprint density at radius 1 is 1.12 bits per heavy atom. The fourth-order valence-electron chi connectivity index (χ4n) is 1.11. The molecule has 0 bridgehead atoms. The molecule has 1 nitrogen and oxygen atoms in total. The molecule has 17 heavy (non-hydrogen) atoms. The second-order valence-corrected chi connectivity index (χ2v) is 3.09. The van der Waals surface area contributed by atoms with Crippen molar-refractivity contribution in [1.29, 1.82) is 0 Å². The van der Waals surface area contributed by atoms with Crippen LogP contribution in [-0.2, 0) is 6.18 Å². The summed E-state index contributed by atoms with van der Waals surface area (Å²) in [5, 5.41) is 0. The molecule has 0 amide bonds. The number of benzene rings is 1. The van der Waals surface area contributed by atoms with Crippen molar-refractivity contribution in [2.24, 2.45) is 5.73 Å². The van der Waals surface area contributed by atoms with E-state index in [4.69, 9.17) is 5.73 Å². The summed E-state index contributed by atoms with van der Waals surface area (Å²) in [5.41, 5.74) is 2.84. The lowest BCUT2D eigenvalue weighted by Crippen LogP contribution is -2.21. The SMILES string of the molecule is Cl.N[C@H](c1cc(C(F)(F)F)ccc1F)C(F)F. The molecule has 0 fully saturated rings. The van der Waals surface area contributed by atoms with E-state index in [-0.39, 0.29) is 12.4 Å². The summed E-state index contributed by atoms with van der Waals surface area (Å²) >= 11 is 0. The maximum Gasteiger partial charge on any atom is 0.416 e. The van der Waals surface area contributed by atoms with Gasteiger partial charge in [0.25, 0.3) is 6.43 Å². The minimum atomic E-state index is -4.72. The van der Waals surface area contributed by atoms with E-state index >= 15 is 0 Å². The molecule has 0 heterocycles. The highest BCUT2D eigenvalue weighted by molar-refractivity contribution is 5.85. The fourth-order valence-corrected chi connectivity index (χ4v) is 1.11. The van der Waals surface area contributed by atoms with Crippen LogP contribution in [0.4, 0.5) is 26.3 Å². The van der Waals surface area contributed by atoms with Gasteiger partial charge in [0, 0.05) is 5.56 Å². The molecule has 1 rings (SSSR count). The summed E-state index contributed by atoms with van der Waals surface area (Å²) in [4.78, 5) is 0. The molecule has 0 aliphatic heterocycles. The Bertz CT molecular complexity index is 378. The average Bonchev–Trinajstić information content (AvgIpc) is 2.15. The van der Waals surface area contributed by atoms with Crippen LogP contribution in [-0.4, -0.2) is 6.43 Å². The lowest BCUT2D eigenvalue weighted by Gasteiger charge is -2.14. The number of rotatable bonds is 2. The molecule has 0 spiro atoms. The summed E-state index contributed by atoms with van der Waals surface area (Å²) < 4.78 is 73.9. The number of alkyl halides is 5. The first-order chi connectivity index (χ1) is 7.23. The monoisotopic (exact) mass is 279 g/mol. The molecule has 0 saturated heterocycles. The van der Waals surface area contributed by atoms with Crippen LogP contribution in [0, 0.1) is 5.82 Å².